The van der Waals surface area contributed by atoms with Crippen molar-refractivity contribution in [2.75, 3.05) is 46.4 Å². The summed E-state index contributed by atoms with van der Waals surface area (Å²) in [5.41, 5.74) is 6.35. The summed E-state index contributed by atoms with van der Waals surface area (Å²) in [5.74, 6) is 1.81. The molecule has 142 valence electrons. The third kappa shape index (κ3) is 4.98. The number of nitrogens with two attached hydrogens (primary N) is 1. The fourth-order valence-electron chi connectivity index (χ4n) is 4.66. The Hall–Kier alpha value is -0.0700. The highest BCUT2D eigenvalue weighted by Gasteiger charge is 2.41. The predicted molar refractivity (Wildman–Crippen MR) is 101 cm³/mol. The summed E-state index contributed by atoms with van der Waals surface area (Å²) in [6, 6.07) is 0.351. The Morgan fingerprint density at radius 3 is 2.21 bits per heavy atom. The Morgan fingerprint density at radius 1 is 1.08 bits per heavy atom. The van der Waals surface area contributed by atoms with E-state index in [1.54, 1.807) is 7.11 Å². The zero-order valence-electron chi connectivity index (χ0n) is 14.7. The Morgan fingerprint density at radius 2 is 1.67 bits per heavy atom. The van der Waals surface area contributed by atoms with Crippen LogP contribution >= 0.6 is 24.8 Å². The maximum absolute atomic E-state index is 12.9. The summed E-state index contributed by atoms with van der Waals surface area (Å²) in [6.45, 7) is 5.46. The molecule has 0 aromatic rings. The van der Waals surface area contributed by atoms with Crippen molar-refractivity contribution >= 4 is 30.7 Å². The Balaban J connectivity index is 0.00000144. The van der Waals surface area contributed by atoms with Gasteiger partial charge in [0.15, 0.2) is 0 Å². The van der Waals surface area contributed by atoms with Crippen LogP contribution in [-0.4, -0.2) is 68.2 Å². The molecule has 1 aliphatic heterocycles. The number of hydrogen-bond acceptors (Lipinski definition) is 4. The largest absolute Gasteiger partial charge is 0.383 e. The van der Waals surface area contributed by atoms with Gasteiger partial charge in [0.25, 0.3) is 0 Å². The van der Waals surface area contributed by atoms with Crippen LogP contribution in [0.3, 0.4) is 0 Å². The van der Waals surface area contributed by atoms with Gasteiger partial charge in [0.05, 0.1) is 6.61 Å². The maximum atomic E-state index is 12.9. The molecule has 2 atom stereocenters. The van der Waals surface area contributed by atoms with E-state index in [1.807, 2.05) is 0 Å². The number of methoxy groups -OCH3 is 1. The van der Waals surface area contributed by atoms with Gasteiger partial charge in [-0.2, -0.15) is 0 Å². The summed E-state index contributed by atoms with van der Waals surface area (Å²) >= 11 is 0. The number of carbonyl (C=O) groups is 1. The molecular weight excluding hydrogens is 349 g/mol. The summed E-state index contributed by atoms with van der Waals surface area (Å²) in [6.07, 6.45) is 5.82. The monoisotopic (exact) mass is 381 g/mol. The molecule has 5 nitrogen and oxygen atoms in total. The summed E-state index contributed by atoms with van der Waals surface area (Å²) in [4.78, 5) is 17.3. The Bertz CT molecular complexity index is 378. The second-order valence-corrected chi connectivity index (χ2v) is 7.36. The number of amides is 1. The second-order valence-electron chi connectivity index (χ2n) is 7.36. The molecule has 2 saturated carbocycles. The number of piperazine rings is 1. The first-order chi connectivity index (χ1) is 10.7. The fraction of sp³-hybridized carbons (Fsp3) is 0.941. The minimum Gasteiger partial charge on any atom is -0.383 e. The number of halogens is 2. The first kappa shape index (κ1) is 22.0. The van der Waals surface area contributed by atoms with Gasteiger partial charge in [-0.15, -0.1) is 24.8 Å². The summed E-state index contributed by atoms with van der Waals surface area (Å²) < 4.78 is 5.13. The third-order valence-corrected chi connectivity index (χ3v) is 6.06. The average Bonchev–Trinajstić information content (AvgIpc) is 2.52. The predicted octanol–water partition coefficient (Wildman–Crippen LogP) is 1.77. The molecule has 2 unspecified atom stereocenters. The second kappa shape index (κ2) is 10.2. The molecule has 0 aromatic carbocycles. The average molecular weight is 382 g/mol. The van der Waals surface area contributed by atoms with Gasteiger partial charge in [0, 0.05) is 51.8 Å². The molecule has 3 rings (SSSR count). The number of nitrogens with zero attached hydrogens (tertiary/aromatic N) is 2. The zero-order valence-corrected chi connectivity index (χ0v) is 16.3. The van der Waals surface area contributed by atoms with Crippen molar-refractivity contribution in [1.82, 2.24) is 9.80 Å². The molecule has 2 bridgehead atoms. The van der Waals surface area contributed by atoms with Crippen molar-refractivity contribution < 1.29 is 9.53 Å². The molecule has 1 heterocycles. The van der Waals surface area contributed by atoms with E-state index < -0.39 is 0 Å². The Kier molecular flexibility index (Phi) is 9.31. The molecule has 0 spiro atoms. The molecule has 7 heteroatoms. The van der Waals surface area contributed by atoms with Gasteiger partial charge in [-0.3, -0.25) is 9.69 Å². The number of fused-ring (bicyclic) bond motifs is 2. The normalized spacial score (nSPS) is 33.3. The smallest absolute Gasteiger partial charge is 0.225 e. The first-order valence-electron chi connectivity index (χ1n) is 8.94. The van der Waals surface area contributed by atoms with Crippen LogP contribution in [0.25, 0.3) is 0 Å². The highest BCUT2D eigenvalue weighted by molar-refractivity contribution is 5.85. The van der Waals surface area contributed by atoms with Crippen molar-refractivity contribution in [3.05, 3.63) is 0 Å². The first-order valence-corrected chi connectivity index (χ1v) is 8.94. The van der Waals surface area contributed by atoms with Crippen LogP contribution in [0.1, 0.15) is 32.1 Å². The van der Waals surface area contributed by atoms with Crippen LogP contribution < -0.4 is 5.73 Å². The van der Waals surface area contributed by atoms with Crippen LogP contribution in [0.4, 0.5) is 0 Å². The minimum atomic E-state index is 0. The minimum absolute atomic E-state index is 0. The lowest BCUT2D eigenvalue weighted by Crippen LogP contribution is -2.54. The van der Waals surface area contributed by atoms with E-state index in [4.69, 9.17) is 10.5 Å². The van der Waals surface area contributed by atoms with Crippen LogP contribution in [0, 0.1) is 17.8 Å². The van der Waals surface area contributed by atoms with Crippen molar-refractivity contribution in [1.29, 1.82) is 0 Å². The summed E-state index contributed by atoms with van der Waals surface area (Å²) in [5, 5.41) is 0. The third-order valence-electron chi connectivity index (χ3n) is 6.06. The van der Waals surface area contributed by atoms with E-state index in [2.05, 4.69) is 9.80 Å². The van der Waals surface area contributed by atoms with E-state index in [0.717, 1.165) is 52.2 Å². The number of ether oxygens (including phenoxy) is 1. The van der Waals surface area contributed by atoms with Gasteiger partial charge in [-0.25, -0.2) is 0 Å². The summed E-state index contributed by atoms with van der Waals surface area (Å²) in [7, 11) is 1.74. The molecule has 2 aliphatic carbocycles. The number of rotatable bonds is 4. The molecule has 24 heavy (non-hydrogen) atoms. The molecular formula is C17H33Cl2N3O2. The van der Waals surface area contributed by atoms with Crippen LogP contribution in [0.15, 0.2) is 0 Å². The van der Waals surface area contributed by atoms with Crippen molar-refractivity contribution in [3.8, 4) is 0 Å². The SMILES string of the molecule is COCCN1CCN(C(=O)C2CC3CCCC(C2)C3N)CC1.Cl.Cl. The highest BCUT2D eigenvalue weighted by atomic mass is 35.5. The van der Waals surface area contributed by atoms with Crippen molar-refractivity contribution in [2.24, 2.45) is 23.5 Å². The van der Waals surface area contributed by atoms with E-state index in [0.29, 0.717) is 23.8 Å². The molecule has 3 fully saturated rings. The fourth-order valence-corrected chi connectivity index (χ4v) is 4.66. The van der Waals surface area contributed by atoms with E-state index in [1.165, 1.54) is 19.3 Å². The quantitative estimate of drug-likeness (QED) is 0.805. The van der Waals surface area contributed by atoms with Gasteiger partial charge >= 0.3 is 0 Å². The van der Waals surface area contributed by atoms with Gasteiger partial charge in [0.2, 0.25) is 5.91 Å². The lowest BCUT2D eigenvalue weighted by molar-refractivity contribution is -0.140. The van der Waals surface area contributed by atoms with Gasteiger partial charge in [0.1, 0.15) is 0 Å². The molecule has 1 amide bonds. The standard InChI is InChI=1S/C17H31N3O2.2ClH/c1-22-10-9-19-5-7-20(8-6-19)17(21)15-11-13-3-2-4-14(12-15)16(13)18;;/h13-16H,2-12,18H2,1H3;2*1H. The molecule has 0 radical (unpaired) electrons. The lowest BCUT2D eigenvalue weighted by atomic mass is 9.65. The van der Waals surface area contributed by atoms with E-state index >= 15 is 0 Å². The molecule has 0 aromatic heterocycles. The van der Waals surface area contributed by atoms with Gasteiger partial charge in [-0.05, 0) is 37.5 Å². The lowest BCUT2D eigenvalue weighted by Gasteiger charge is -2.45. The van der Waals surface area contributed by atoms with Crippen LogP contribution in [0.5, 0.6) is 0 Å². The maximum Gasteiger partial charge on any atom is 0.225 e. The van der Waals surface area contributed by atoms with Gasteiger partial charge in [-0.1, -0.05) is 6.42 Å². The Labute approximate surface area is 158 Å². The van der Waals surface area contributed by atoms with E-state index in [-0.39, 0.29) is 30.7 Å². The zero-order chi connectivity index (χ0) is 15.5. The molecule has 3 aliphatic rings. The van der Waals surface area contributed by atoms with Crippen LogP contribution in [-0.2, 0) is 9.53 Å². The van der Waals surface area contributed by atoms with Gasteiger partial charge < -0.3 is 15.4 Å². The topological polar surface area (TPSA) is 58.8 Å². The molecule has 1 saturated heterocycles. The number of carbonyl (C=O) groups excluding carboxylic acids is 1. The highest BCUT2D eigenvalue weighted by Crippen LogP contribution is 2.42. The van der Waals surface area contributed by atoms with Crippen molar-refractivity contribution in [3.63, 3.8) is 0 Å². The van der Waals surface area contributed by atoms with E-state index in [9.17, 15) is 4.79 Å². The number of hydrogen-bond donors (Lipinski definition) is 1. The molecule has 2 N–H and O–H groups in total. The van der Waals surface area contributed by atoms with Crippen molar-refractivity contribution in [2.45, 2.75) is 38.1 Å². The van der Waals surface area contributed by atoms with Crippen LogP contribution in [0.2, 0.25) is 0 Å².